The van der Waals surface area contributed by atoms with Crippen molar-refractivity contribution in [1.29, 1.82) is 0 Å². The second kappa shape index (κ2) is 5.66. The van der Waals surface area contributed by atoms with Gasteiger partial charge in [-0.05, 0) is 19.8 Å². The van der Waals surface area contributed by atoms with Crippen molar-refractivity contribution < 1.29 is 19.4 Å². The van der Waals surface area contributed by atoms with E-state index in [-0.39, 0.29) is 6.42 Å². The molecule has 1 atom stereocenters. The Morgan fingerprint density at radius 2 is 2.24 bits per heavy atom. The SMILES string of the molecule is CCCCOC(=O)C1=CC=CC(C)(C(=O)O)C1. The quantitative estimate of drug-likeness (QED) is 0.589. The van der Waals surface area contributed by atoms with E-state index < -0.39 is 17.4 Å². The number of ether oxygens (including phenoxy) is 1. The van der Waals surface area contributed by atoms with Crippen molar-refractivity contribution in [1.82, 2.24) is 0 Å². The minimum Gasteiger partial charge on any atom is -0.481 e. The number of esters is 1. The fourth-order valence-corrected chi connectivity index (χ4v) is 1.58. The first kappa shape index (κ1) is 13.5. The minimum absolute atomic E-state index is 0.184. The third-order valence-electron chi connectivity index (χ3n) is 2.80. The van der Waals surface area contributed by atoms with Crippen LogP contribution in [0, 0.1) is 5.41 Å². The highest BCUT2D eigenvalue weighted by molar-refractivity contribution is 5.91. The lowest BCUT2D eigenvalue weighted by molar-refractivity contribution is -0.145. The zero-order valence-corrected chi connectivity index (χ0v) is 10.2. The summed E-state index contributed by atoms with van der Waals surface area (Å²) in [5.41, 5.74) is -0.582. The van der Waals surface area contributed by atoms with Crippen LogP contribution in [-0.2, 0) is 14.3 Å². The Morgan fingerprint density at radius 3 is 2.82 bits per heavy atom. The number of allylic oxidation sites excluding steroid dienone is 2. The van der Waals surface area contributed by atoms with Crippen LogP contribution in [0.15, 0.2) is 23.8 Å². The van der Waals surface area contributed by atoms with Gasteiger partial charge in [0.1, 0.15) is 0 Å². The normalized spacial score (nSPS) is 23.1. The molecular weight excluding hydrogens is 220 g/mol. The molecule has 0 amide bonds. The van der Waals surface area contributed by atoms with Crippen molar-refractivity contribution >= 4 is 11.9 Å². The summed E-state index contributed by atoms with van der Waals surface area (Å²) in [6.07, 6.45) is 6.79. The Kier molecular flexibility index (Phi) is 4.49. The summed E-state index contributed by atoms with van der Waals surface area (Å²) in [6, 6.07) is 0. The van der Waals surface area contributed by atoms with E-state index in [9.17, 15) is 9.59 Å². The molecule has 1 aliphatic carbocycles. The predicted molar refractivity (Wildman–Crippen MR) is 63.4 cm³/mol. The summed E-state index contributed by atoms with van der Waals surface area (Å²) in [4.78, 5) is 22.7. The first-order valence-electron chi connectivity index (χ1n) is 5.78. The summed E-state index contributed by atoms with van der Waals surface area (Å²) < 4.78 is 5.06. The molecule has 0 saturated heterocycles. The molecular formula is C13H18O4. The van der Waals surface area contributed by atoms with Gasteiger partial charge in [-0.1, -0.05) is 31.6 Å². The van der Waals surface area contributed by atoms with Gasteiger partial charge in [-0.2, -0.15) is 0 Å². The van der Waals surface area contributed by atoms with Crippen LogP contribution in [0.3, 0.4) is 0 Å². The van der Waals surface area contributed by atoms with Gasteiger partial charge in [-0.15, -0.1) is 0 Å². The van der Waals surface area contributed by atoms with Gasteiger partial charge in [-0.3, -0.25) is 4.79 Å². The zero-order chi connectivity index (χ0) is 12.9. The number of hydrogen-bond donors (Lipinski definition) is 1. The number of carbonyl (C=O) groups is 2. The maximum atomic E-state index is 11.7. The van der Waals surface area contributed by atoms with E-state index in [0.717, 1.165) is 12.8 Å². The highest BCUT2D eigenvalue weighted by Gasteiger charge is 2.34. The smallest absolute Gasteiger partial charge is 0.334 e. The third kappa shape index (κ3) is 3.44. The Morgan fingerprint density at radius 1 is 1.53 bits per heavy atom. The highest BCUT2D eigenvalue weighted by atomic mass is 16.5. The topological polar surface area (TPSA) is 63.6 Å². The molecule has 0 aromatic heterocycles. The maximum absolute atomic E-state index is 11.7. The first-order valence-corrected chi connectivity index (χ1v) is 5.78. The fraction of sp³-hybridized carbons (Fsp3) is 0.538. The lowest BCUT2D eigenvalue weighted by atomic mass is 9.80. The van der Waals surface area contributed by atoms with Crippen LogP contribution in [0.25, 0.3) is 0 Å². The molecule has 0 bridgehead atoms. The van der Waals surface area contributed by atoms with E-state index in [4.69, 9.17) is 9.84 Å². The van der Waals surface area contributed by atoms with Crippen molar-refractivity contribution in [2.45, 2.75) is 33.1 Å². The Labute approximate surface area is 101 Å². The molecule has 0 aliphatic heterocycles. The van der Waals surface area contributed by atoms with Gasteiger partial charge >= 0.3 is 11.9 Å². The Hall–Kier alpha value is -1.58. The molecule has 1 rings (SSSR count). The van der Waals surface area contributed by atoms with E-state index in [1.54, 1.807) is 25.2 Å². The second-order valence-electron chi connectivity index (χ2n) is 4.44. The summed E-state index contributed by atoms with van der Waals surface area (Å²) in [5.74, 6) is -1.34. The van der Waals surface area contributed by atoms with Gasteiger partial charge < -0.3 is 9.84 Å². The van der Waals surface area contributed by atoms with E-state index >= 15 is 0 Å². The Balaban J connectivity index is 2.62. The molecule has 17 heavy (non-hydrogen) atoms. The van der Waals surface area contributed by atoms with Crippen molar-refractivity contribution in [2.75, 3.05) is 6.61 Å². The summed E-state index contributed by atoms with van der Waals surface area (Å²) >= 11 is 0. The van der Waals surface area contributed by atoms with Crippen LogP contribution in [0.4, 0.5) is 0 Å². The monoisotopic (exact) mass is 238 g/mol. The van der Waals surface area contributed by atoms with E-state index in [1.165, 1.54) is 0 Å². The van der Waals surface area contributed by atoms with Gasteiger partial charge in [0.2, 0.25) is 0 Å². The van der Waals surface area contributed by atoms with Crippen LogP contribution < -0.4 is 0 Å². The number of aliphatic carboxylic acids is 1. The van der Waals surface area contributed by atoms with Gasteiger partial charge in [-0.25, -0.2) is 4.79 Å². The van der Waals surface area contributed by atoms with Gasteiger partial charge in [0.25, 0.3) is 0 Å². The van der Waals surface area contributed by atoms with E-state index in [1.807, 2.05) is 6.92 Å². The molecule has 0 fully saturated rings. The highest BCUT2D eigenvalue weighted by Crippen LogP contribution is 2.31. The van der Waals surface area contributed by atoms with Crippen molar-refractivity contribution in [3.05, 3.63) is 23.8 Å². The molecule has 1 aliphatic rings. The molecule has 4 nitrogen and oxygen atoms in total. The fourth-order valence-electron chi connectivity index (χ4n) is 1.58. The molecule has 0 aromatic carbocycles. The number of rotatable bonds is 5. The zero-order valence-electron chi connectivity index (χ0n) is 10.2. The number of hydrogen-bond acceptors (Lipinski definition) is 3. The van der Waals surface area contributed by atoms with Crippen molar-refractivity contribution in [3.8, 4) is 0 Å². The standard InChI is InChI=1S/C13H18O4/c1-3-4-8-17-11(14)10-6-5-7-13(2,9-10)12(15)16/h5-7H,3-4,8-9H2,1-2H3,(H,15,16). The number of carboxylic acid groups (broad SMARTS) is 1. The molecule has 0 saturated carbocycles. The number of carbonyl (C=O) groups excluding carboxylic acids is 1. The number of unbranched alkanes of at least 4 members (excludes halogenated alkanes) is 1. The van der Waals surface area contributed by atoms with Crippen molar-refractivity contribution in [3.63, 3.8) is 0 Å². The summed E-state index contributed by atoms with van der Waals surface area (Å²) in [6.45, 7) is 4.00. The van der Waals surface area contributed by atoms with Crippen LogP contribution >= 0.6 is 0 Å². The molecule has 94 valence electrons. The lowest BCUT2D eigenvalue weighted by Crippen LogP contribution is -2.29. The maximum Gasteiger partial charge on any atom is 0.334 e. The van der Waals surface area contributed by atoms with Crippen LogP contribution in [0.1, 0.15) is 33.1 Å². The van der Waals surface area contributed by atoms with Gasteiger partial charge in [0.15, 0.2) is 0 Å². The van der Waals surface area contributed by atoms with Gasteiger partial charge in [0, 0.05) is 5.57 Å². The summed E-state index contributed by atoms with van der Waals surface area (Å²) in [7, 11) is 0. The molecule has 1 unspecified atom stereocenters. The average molecular weight is 238 g/mol. The molecule has 0 aromatic rings. The molecule has 4 heteroatoms. The van der Waals surface area contributed by atoms with Crippen molar-refractivity contribution in [2.24, 2.45) is 5.41 Å². The molecule has 1 N–H and O–H groups in total. The average Bonchev–Trinajstić information content (AvgIpc) is 2.29. The molecule has 0 radical (unpaired) electrons. The number of carboxylic acids is 1. The van der Waals surface area contributed by atoms with Crippen LogP contribution in [0.2, 0.25) is 0 Å². The van der Waals surface area contributed by atoms with E-state index in [0.29, 0.717) is 12.2 Å². The first-order chi connectivity index (χ1) is 7.99. The molecule has 0 spiro atoms. The van der Waals surface area contributed by atoms with Crippen LogP contribution in [-0.4, -0.2) is 23.7 Å². The lowest BCUT2D eigenvalue weighted by Gasteiger charge is -2.24. The van der Waals surface area contributed by atoms with Gasteiger partial charge in [0.05, 0.1) is 12.0 Å². The minimum atomic E-state index is -1.01. The largest absolute Gasteiger partial charge is 0.481 e. The predicted octanol–water partition coefficient (Wildman–Crippen LogP) is 2.31. The van der Waals surface area contributed by atoms with E-state index in [2.05, 4.69) is 0 Å². The van der Waals surface area contributed by atoms with Crippen LogP contribution in [0.5, 0.6) is 0 Å². The Bertz CT molecular complexity index is 368. The molecule has 0 heterocycles. The summed E-state index contributed by atoms with van der Waals surface area (Å²) in [5, 5.41) is 9.08. The second-order valence-corrected chi connectivity index (χ2v) is 4.44. The third-order valence-corrected chi connectivity index (χ3v) is 2.80.